The van der Waals surface area contributed by atoms with Gasteiger partial charge in [0.15, 0.2) is 17.5 Å². The maximum absolute atomic E-state index is 14.5. The van der Waals surface area contributed by atoms with Crippen molar-refractivity contribution in [3.8, 4) is 11.4 Å². The molecule has 1 fully saturated rings. The van der Waals surface area contributed by atoms with Gasteiger partial charge in [0.05, 0.1) is 11.2 Å². The second-order valence-corrected chi connectivity index (χ2v) is 8.09. The minimum Gasteiger partial charge on any atom is -0.363 e. The quantitative estimate of drug-likeness (QED) is 0.494. The zero-order valence-corrected chi connectivity index (χ0v) is 18.0. The summed E-state index contributed by atoms with van der Waals surface area (Å²) in [5, 5.41) is 7.36. The summed E-state index contributed by atoms with van der Waals surface area (Å²) in [6, 6.07) is 1.60. The van der Waals surface area contributed by atoms with Crippen LogP contribution >= 0.6 is 11.6 Å². The summed E-state index contributed by atoms with van der Waals surface area (Å²) >= 11 is 6.07. The molecule has 10 heteroatoms. The van der Waals surface area contributed by atoms with Gasteiger partial charge in [0.25, 0.3) is 0 Å². The van der Waals surface area contributed by atoms with Gasteiger partial charge in [-0.1, -0.05) is 24.9 Å². The molecular weight excluding hydrogens is 421 g/mol. The Morgan fingerprint density at radius 3 is 3.10 bits per heavy atom. The van der Waals surface area contributed by atoms with E-state index in [4.69, 9.17) is 11.6 Å². The number of unbranched alkanes of at least 4 members (excludes halogenated alkanes) is 1. The van der Waals surface area contributed by atoms with Gasteiger partial charge in [-0.25, -0.2) is 24.1 Å². The molecule has 3 aromatic rings. The molecule has 8 nitrogen and oxygen atoms in total. The van der Waals surface area contributed by atoms with Crippen molar-refractivity contribution in [1.29, 1.82) is 0 Å². The molecule has 4 heterocycles. The molecule has 0 aromatic carbocycles. The van der Waals surface area contributed by atoms with E-state index in [1.165, 1.54) is 0 Å². The van der Waals surface area contributed by atoms with Gasteiger partial charge in [-0.2, -0.15) is 0 Å². The number of aromatic nitrogens is 4. The lowest BCUT2D eigenvalue weighted by atomic mass is 10.1. The zero-order chi connectivity index (χ0) is 21.8. The van der Waals surface area contributed by atoms with Gasteiger partial charge in [0.1, 0.15) is 5.65 Å². The Kier molecular flexibility index (Phi) is 6.50. The van der Waals surface area contributed by atoms with Crippen molar-refractivity contribution in [3.63, 3.8) is 0 Å². The number of anilines is 1. The van der Waals surface area contributed by atoms with Crippen molar-refractivity contribution in [2.45, 2.75) is 38.6 Å². The number of hydrogen-bond donors (Lipinski definition) is 3. The number of aromatic amines is 1. The number of nitrogens with one attached hydrogen (secondary N) is 3. The van der Waals surface area contributed by atoms with E-state index in [-0.39, 0.29) is 17.9 Å². The number of hydrogen-bond acceptors (Lipinski definition) is 5. The predicted octanol–water partition coefficient (Wildman–Crippen LogP) is 4.20. The maximum Gasteiger partial charge on any atom is 0.317 e. The first-order chi connectivity index (χ1) is 15.0. The number of carbonyl (C=O) groups excluding carboxylic acids is 1. The number of pyridine rings is 1. The summed E-state index contributed by atoms with van der Waals surface area (Å²) in [5.74, 6) is -0.0546. The van der Waals surface area contributed by atoms with Crippen LogP contribution in [0.2, 0.25) is 5.02 Å². The second kappa shape index (κ2) is 9.47. The molecule has 1 aliphatic rings. The average Bonchev–Trinajstić information content (AvgIpc) is 3.18. The van der Waals surface area contributed by atoms with Crippen LogP contribution in [0.3, 0.4) is 0 Å². The molecule has 3 aromatic heterocycles. The number of amides is 2. The van der Waals surface area contributed by atoms with Gasteiger partial charge >= 0.3 is 6.03 Å². The molecule has 31 heavy (non-hydrogen) atoms. The monoisotopic (exact) mass is 445 g/mol. The van der Waals surface area contributed by atoms with Crippen LogP contribution in [0.4, 0.5) is 15.0 Å². The maximum atomic E-state index is 14.5. The van der Waals surface area contributed by atoms with Gasteiger partial charge < -0.3 is 20.5 Å². The molecule has 3 N–H and O–H groups in total. The molecule has 2 amide bonds. The van der Waals surface area contributed by atoms with Crippen LogP contribution in [0.15, 0.2) is 24.7 Å². The number of halogens is 2. The Labute approximate surface area is 184 Å². The molecule has 0 radical (unpaired) electrons. The molecule has 1 saturated heterocycles. The standard InChI is InChI=1S/C21H25ClFN7O/c1-2-3-6-24-21(31)30-7-4-5-14(12-30)28-20-17(23)11-27-19(29-20)16-10-26-18-15(16)8-13(22)9-25-18/h8-11,14H,2-7,12H2,1H3,(H,24,31)(H,25,26)(H,27,28,29)/t14-/m0/s1. The Hall–Kier alpha value is -2.94. The molecule has 4 rings (SSSR count). The van der Waals surface area contributed by atoms with E-state index in [0.717, 1.165) is 37.3 Å². The van der Waals surface area contributed by atoms with E-state index in [1.807, 2.05) is 0 Å². The number of carbonyl (C=O) groups is 1. The zero-order valence-electron chi connectivity index (χ0n) is 17.3. The van der Waals surface area contributed by atoms with Crippen molar-refractivity contribution < 1.29 is 9.18 Å². The van der Waals surface area contributed by atoms with E-state index < -0.39 is 5.82 Å². The van der Waals surface area contributed by atoms with Crippen LogP contribution in [-0.4, -0.2) is 56.5 Å². The minimum absolute atomic E-state index is 0.0769. The summed E-state index contributed by atoms with van der Waals surface area (Å²) in [7, 11) is 0. The fourth-order valence-electron chi connectivity index (χ4n) is 3.72. The molecule has 164 valence electrons. The fraction of sp³-hybridized carbons (Fsp3) is 0.429. The summed E-state index contributed by atoms with van der Waals surface area (Å²) in [5.41, 5.74) is 1.34. The van der Waals surface area contributed by atoms with E-state index >= 15 is 0 Å². The number of likely N-dealkylation sites (tertiary alicyclic amines) is 1. The lowest BCUT2D eigenvalue weighted by molar-refractivity contribution is 0.182. The predicted molar refractivity (Wildman–Crippen MR) is 119 cm³/mol. The van der Waals surface area contributed by atoms with Gasteiger partial charge in [-0.15, -0.1) is 0 Å². The van der Waals surface area contributed by atoms with Gasteiger partial charge in [-0.05, 0) is 25.3 Å². The molecular formula is C21H25ClFN7O. The van der Waals surface area contributed by atoms with Crippen molar-refractivity contribution in [1.82, 2.24) is 30.2 Å². The SMILES string of the molecule is CCCCNC(=O)N1CCC[C@H](Nc2nc(-c3c[nH]c4ncc(Cl)cc34)ncc2F)C1. The van der Waals surface area contributed by atoms with E-state index in [1.54, 1.807) is 23.4 Å². The molecule has 1 aliphatic heterocycles. The van der Waals surface area contributed by atoms with E-state index in [2.05, 4.69) is 37.5 Å². The topological polar surface area (TPSA) is 98.8 Å². The second-order valence-electron chi connectivity index (χ2n) is 7.66. The van der Waals surface area contributed by atoms with Crippen LogP contribution in [0.5, 0.6) is 0 Å². The number of rotatable bonds is 6. The lowest BCUT2D eigenvalue weighted by Gasteiger charge is -2.33. The highest BCUT2D eigenvalue weighted by molar-refractivity contribution is 6.31. The van der Waals surface area contributed by atoms with Crippen molar-refractivity contribution in [2.24, 2.45) is 0 Å². The number of piperidine rings is 1. The lowest BCUT2D eigenvalue weighted by Crippen LogP contribution is -2.49. The number of fused-ring (bicyclic) bond motifs is 1. The molecule has 0 saturated carbocycles. The normalized spacial score (nSPS) is 16.5. The summed E-state index contributed by atoms with van der Waals surface area (Å²) in [6.07, 6.45) is 8.07. The Bertz CT molecular complexity index is 1070. The Balaban J connectivity index is 1.50. The molecule has 0 spiro atoms. The third kappa shape index (κ3) is 4.87. The van der Waals surface area contributed by atoms with Crippen molar-refractivity contribution in [2.75, 3.05) is 25.0 Å². The number of urea groups is 1. The van der Waals surface area contributed by atoms with E-state index in [0.29, 0.717) is 41.7 Å². The Morgan fingerprint density at radius 2 is 2.26 bits per heavy atom. The highest BCUT2D eigenvalue weighted by Gasteiger charge is 2.25. The highest BCUT2D eigenvalue weighted by Crippen LogP contribution is 2.28. The number of H-pyrrole nitrogens is 1. The van der Waals surface area contributed by atoms with E-state index in [9.17, 15) is 9.18 Å². The first-order valence-corrected chi connectivity index (χ1v) is 10.9. The van der Waals surface area contributed by atoms with Gasteiger partial charge in [0, 0.05) is 49.0 Å². The molecule has 0 bridgehead atoms. The smallest absolute Gasteiger partial charge is 0.317 e. The number of nitrogens with zero attached hydrogens (tertiary/aromatic N) is 4. The minimum atomic E-state index is -0.538. The summed E-state index contributed by atoms with van der Waals surface area (Å²) in [6.45, 7) is 3.93. The third-order valence-corrected chi connectivity index (χ3v) is 5.55. The van der Waals surface area contributed by atoms with Crippen LogP contribution in [0.1, 0.15) is 32.6 Å². The van der Waals surface area contributed by atoms with Crippen LogP contribution in [-0.2, 0) is 0 Å². The molecule has 0 unspecified atom stereocenters. The summed E-state index contributed by atoms with van der Waals surface area (Å²) < 4.78 is 14.5. The van der Waals surface area contributed by atoms with Crippen LogP contribution in [0, 0.1) is 5.82 Å². The Morgan fingerprint density at radius 1 is 1.39 bits per heavy atom. The van der Waals surface area contributed by atoms with Gasteiger partial charge in [0.2, 0.25) is 0 Å². The molecule has 1 atom stereocenters. The first kappa shape index (κ1) is 21.3. The van der Waals surface area contributed by atoms with Crippen molar-refractivity contribution in [3.05, 3.63) is 35.5 Å². The largest absolute Gasteiger partial charge is 0.363 e. The van der Waals surface area contributed by atoms with Crippen LogP contribution in [0.25, 0.3) is 22.4 Å². The third-order valence-electron chi connectivity index (χ3n) is 5.34. The molecule has 0 aliphatic carbocycles. The van der Waals surface area contributed by atoms with Crippen LogP contribution < -0.4 is 10.6 Å². The fourth-order valence-corrected chi connectivity index (χ4v) is 3.88. The first-order valence-electron chi connectivity index (χ1n) is 10.5. The van der Waals surface area contributed by atoms with Gasteiger partial charge in [-0.3, -0.25) is 0 Å². The average molecular weight is 446 g/mol. The highest BCUT2D eigenvalue weighted by atomic mass is 35.5. The van der Waals surface area contributed by atoms with Crippen molar-refractivity contribution >= 4 is 34.5 Å². The summed E-state index contributed by atoms with van der Waals surface area (Å²) in [4.78, 5) is 30.0.